The fraction of sp³-hybridized carbons (Fsp3) is 0.562. The first-order valence-electron chi connectivity index (χ1n) is 7.91. The molecule has 0 aromatic heterocycles. The molecule has 1 atom stereocenters. The maximum atomic E-state index is 12.7. The Morgan fingerprint density at radius 1 is 1.05 bits per heavy atom. The van der Waals surface area contributed by atoms with Gasteiger partial charge in [-0.25, -0.2) is 8.42 Å². The summed E-state index contributed by atoms with van der Waals surface area (Å²) in [4.78, 5) is 14.2. The number of nitrogens with zero attached hydrogens (tertiary/aromatic N) is 2. The molecule has 3 rings (SSSR count). The van der Waals surface area contributed by atoms with Gasteiger partial charge in [0.15, 0.2) is 0 Å². The van der Waals surface area contributed by atoms with Crippen molar-refractivity contribution >= 4 is 15.9 Å². The van der Waals surface area contributed by atoms with Crippen molar-refractivity contribution in [2.45, 2.75) is 43.5 Å². The third kappa shape index (κ3) is 2.77. The van der Waals surface area contributed by atoms with Crippen LogP contribution in [-0.4, -0.2) is 49.2 Å². The molecular weight excluding hydrogens is 300 g/mol. The first-order valence-corrected chi connectivity index (χ1v) is 9.35. The van der Waals surface area contributed by atoms with E-state index in [1.54, 1.807) is 33.5 Å². The van der Waals surface area contributed by atoms with Crippen LogP contribution in [0.2, 0.25) is 0 Å². The molecule has 1 aromatic rings. The van der Waals surface area contributed by atoms with Crippen LogP contribution >= 0.6 is 0 Å². The van der Waals surface area contributed by atoms with E-state index < -0.39 is 10.0 Å². The Hall–Kier alpha value is -1.40. The number of carbonyl (C=O) groups excluding carboxylic acids is 1. The molecule has 2 fully saturated rings. The smallest absolute Gasteiger partial charge is 0.253 e. The second-order valence-corrected chi connectivity index (χ2v) is 8.02. The molecule has 1 amide bonds. The molecule has 5 nitrogen and oxygen atoms in total. The molecule has 0 radical (unpaired) electrons. The van der Waals surface area contributed by atoms with Crippen LogP contribution in [0.25, 0.3) is 0 Å². The molecule has 2 aliphatic heterocycles. The van der Waals surface area contributed by atoms with Crippen molar-refractivity contribution < 1.29 is 13.2 Å². The van der Waals surface area contributed by atoms with Crippen molar-refractivity contribution in [3.63, 3.8) is 0 Å². The van der Waals surface area contributed by atoms with Gasteiger partial charge in [0.2, 0.25) is 10.0 Å². The maximum Gasteiger partial charge on any atom is 0.253 e. The van der Waals surface area contributed by atoms with Gasteiger partial charge in [-0.2, -0.15) is 4.31 Å². The number of carbonyl (C=O) groups is 1. The quantitative estimate of drug-likeness (QED) is 0.856. The van der Waals surface area contributed by atoms with Gasteiger partial charge in [-0.1, -0.05) is 6.42 Å². The largest absolute Gasteiger partial charge is 0.339 e. The fourth-order valence-electron chi connectivity index (χ4n) is 3.04. The monoisotopic (exact) mass is 322 g/mol. The predicted octanol–water partition coefficient (Wildman–Crippen LogP) is 2.10. The van der Waals surface area contributed by atoms with Gasteiger partial charge in [0.25, 0.3) is 5.91 Å². The number of amides is 1. The molecule has 0 bridgehead atoms. The summed E-state index contributed by atoms with van der Waals surface area (Å²) in [5.74, 6) is -0.0125. The van der Waals surface area contributed by atoms with Crippen molar-refractivity contribution in [2.24, 2.45) is 0 Å². The van der Waals surface area contributed by atoms with Crippen molar-refractivity contribution in [1.82, 2.24) is 9.21 Å². The Labute approximate surface area is 132 Å². The normalized spacial score (nSPS) is 23.1. The van der Waals surface area contributed by atoms with Gasteiger partial charge in [0.05, 0.1) is 4.90 Å². The zero-order valence-corrected chi connectivity index (χ0v) is 13.7. The average Bonchev–Trinajstić information content (AvgIpc) is 2.46. The van der Waals surface area contributed by atoms with E-state index in [9.17, 15) is 13.2 Å². The highest BCUT2D eigenvalue weighted by Gasteiger charge is 2.31. The van der Waals surface area contributed by atoms with Crippen molar-refractivity contribution in [3.05, 3.63) is 29.8 Å². The highest BCUT2D eigenvalue weighted by atomic mass is 32.2. The van der Waals surface area contributed by atoms with Crippen molar-refractivity contribution in [1.29, 1.82) is 0 Å². The summed E-state index contributed by atoms with van der Waals surface area (Å²) in [7, 11) is -3.46. The molecular formula is C16H22N2O3S. The van der Waals surface area contributed by atoms with Crippen LogP contribution in [0.5, 0.6) is 0 Å². The molecule has 120 valence electrons. The number of hydrogen-bond acceptors (Lipinski definition) is 3. The molecule has 0 spiro atoms. The Kier molecular flexibility index (Phi) is 4.23. The second-order valence-electron chi connectivity index (χ2n) is 6.13. The number of hydrogen-bond donors (Lipinski definition) is 0. The Morgan fingerprint density at radius 2 is 1.73 bits per heavy atom. The minimum Gasteiger partial charge on any atom is -0.339 e. The van der Waals surface area contributed by atoms with E-state index in [4.69, 9.17) is 0 Å². The molecule has 1 unspecified atom stereocenters. The Balaban J connectivity index is 1.80. The first-order chi connectivity index (χ1) is 10.5. The molecule has 0 N–H and O–H groups in total. The van der Waals surface area contributed by atoms with Gasteiger partial charge in [0, 0.05) is 31.2 Å². The highest BCUT2D eigenvalue weighted by Crippen LogP contribution is 2.25. The lowest BCUT2D eigenvalue weighted by Crippen LogP contribution is -2.42. The molecule has 2 heterocycles. The first kappa shape index (κ1) is 15.5. The molecule has 2 aliphatic rings. The summed E-state index contributed by atoms with van der Waals surface area (Å²) in [5, 5.41) is 0. The van der Waals surface area contributed by atoms with Crippen LogP contribution < -0.4 is 0 Å². The highest BCUT2D eigenvalue weighted by molar-refractivity contribution is 7.89. The molecule has 0 saturated carbocycles. The van der Waals surface area contributed by atoms with E-state index in [-0.39, 0.29) is 16.8 Å². The van der Waals surface area contributed by atoms with Crippen LogP contribution in [0.4, 0.5) is 0 Å². The summed E-state index contributed by atoms with van der Waals surface area (Å²) in [6.07, 6.45) is 3.95. The van der Waals surface area contributed by atoms with Gasteiger partial charge < -0.3 is 4.90 Å². The van der Waals surface area contributed by atoms with Gasteiger partial charge >= 0.3 is 0 Å². The van der Waals surface area contributed by atoms with E-state index in [2.05, 4.69) is 0 Å². The minimum absolute atomic E-state index is 0.0125. The number of piperidine rings is 1. The lowest BCUT2D eigenvalue weighted by atomic mass is 10.1. The lowest BCUT2D eigenvalue weighted by molar-refractivity contribution is 0.0651. The van der Waals surface area contributed by atoms with Gasteiger partial charge in [-0.15, -0.1) is 0 Å². The van der Waals surface area contributed by atoms with Crippen LogP contribution in [0.15, 0.2) is 29.2 Å². The SMILES string of the molecule is CC1CCCCN1S(=O)(=O)c1ccc(C(=O)N2CCC2)cc1. The number of likely N-dealkylation sites (tertiary alicyclic amines) is 1. The van der Waals surface area contributed by atoms with E-state index in [0.29, 0.717) is 12.1 Å². The molecule has 22 heavy (non-hydrogen) atoms. The standard InChI is InChI=1S/C16H22N2O3S/c1-13-5-2-3-12-18(13)22(20,21)15-8-6-14(7-9-15)16(19)17-10-4-11-17/h6-9,13H,2-5,10-12H2,1H3. The van der Waals surface area contributed by atoms with Crippen LogP contribution in [0, 0.1) is 0 Å². The number of rotatable bonds is 3. The lowest BCUT2D eigenvalue weighted by Gasteiger charge is -2.32. The van der Waals surface area contributed by atoms with Crippen LogP contribution in [0.1, 0.15) is 43.0 Å². The molecule has 2 saturated heterocycles. The minimum atomic E-state index is -3.46. The van der Waals surface area contributed by atoms with Gasteiger partial charge in [-0.05, 0) is 50.5 Å². The predicted molar refractivity (Wildman–Crippen MR) is 84.2 cm³/mol. The second kappa shape index (κ2) is 6.01. The Morgan fingerprint density at radius 3 is 2.27 bits per heavy atom. The fourth-order valence-corrected chi connectivity index (χ4v) is 4.74. The summed E-state index contributed by atoms with van der Waals surface area (Å²) in [5.41, 5.74) is 0.561. The van der Waals surface area contributed by atoms with Crippen molar-refractivity contribution in [3.8, 4) is 0 Å². The van der Waals surface area contributed by atoms with Gasteiger partial charge in [0.1, 0.15) is 0 Å². The zero-order valence-electron chi connectivity index (χ0n) is 12.9. The maximum absolute atomic E-state index is 12.7. The average molecular weight is 322 g/mol. The summed E-state index contributed by atoms with van der Waals surface area (Å²) < 4.78 is 27.0. The third-order valence-electron chi connectivity index (χ3n) is 4.59. The van der Waals surface area contributed by atoms with Crippen LogP contribution in [0.3, 0.4) is 0 Å². The number of benzene rings is 1. The van der Waals surface area contributed by atoms with Crippen LogP contribution in [-0.2, 0) is 10.0 Å². The van der Waals surface area contributed by atoms with E-state index in [0.717, 1.165) is 38.8 Å². The molecule has 1 aromatic carbocycles. The van der Waals surface area contributed by atoms with Gasteiger partial charge in [-0.3, -0.25) is 4.79 Å². The van der Waals surface area contributed by atoms with E-state index >= 15 is 0 Å². The zero-order chi connectivity index (χ0) is 15.7. The third-order valence-corrected chi connectivity index (χ3v) is 6.62. The van der Waals surface area contributed by atoms with E-state index in [1.807, 2.05) is 6.92 Å². The topological polar surface area (TPSA) is 57.7 Å². The van der Waals surface area contributed by atoms with E-state index in [1.165, 1.54) is 0 Å². The Bertz CT molecular complexity index is 650. The molecule has 6 heteroatoms. The summed E-state index contributed by atoms with van der Waals surface area (Å²) >= 11 is 0. The summed E-state index contributed by atoms with van der Waals surface area (Å²) in [6, 6.07) is 6.42. The summed E-state index contributed by atoms with van der Waals surface area (Å²) in [6.45, 7) is 4.13. The van der Waals surface area contributed by atoms with Crippen molar-refractivity contribution in [2.75, 3.05) is 19.6 Å². The molecule has 0 aliphatic carbocycles. The number of sulfonamides is 1.